The smallest absolute Gasteiger partial charge is 0.173 e. The van der Waals surface area contributed by atoms with E-state index < -0.39 is 5.41 Å². The van der Waals surface area contributed by atoms with E-state index >= 15 is 0 Å². The number of hydrogen-bond donors (Lipinski definition) is 0. The van der Waals surface area contributed by atoms with Crippen molar-refractivity contribution in [3.8, 4) is 0 Å². The van der Waals surface area contributed by atoms with Crippen molar-refractivity contribution in [2.24, 2.45) is 0 Å². The predicted molar refractivity (Wildman–Crippen MR) is 88.6 cm³/mol. The molecule has 0 spiro atoms. The van der Waals surface area contributed by atoms with Crippen molar-refractivity contribution in [1.82, 2.24) is 0 Å². The third-order valence-corrected chi connectivity index (χ3v) is 4.03. The van der Waals surface area contributed by atoms with Gasteiger partial charge in [-0.25, -0.2) is 0 Å². The molecule has 0 bridgehead atoms. The Hall–Kier alpha value is -2.15. The molecule has 2 aromatic rings. The van der Waals surface area contributed by atoms with Gasteiger partial charge in [-0.2, -0.15) is 0 Å². The molecule has 0 aliphatic rings. The van der Waals surface area contributed by atoms with Crippen molar-refractivity contribution < 1.29 is 4.79 Å². The highest BCUT2D eigenvalue weighted by Crippen LogP contribution is 2.33. The Bertz CT molecular complexity index is 586. The second kappa shape index (κ2) is 7.03. The van der Waals surface area contributed by atoms with E-state index in [2.05, 4.69) is 25.6 Å². The maximum absolute atomic E-state index is 13.0. The van der Waals surface area contributed by atoms with E-state index in [0.29, 0.717) is 0 Å². The molecule has 0 fully saturated rings. The van der Waals surface area contributed by atoms with Gasteiger partial charge in [-0.05, 0) is 31.7 Å². The fraction of sp³-hybridized carbons (Fsp3) is 0.250. The first-order chi connectivity index (χ1) is 10.2. The van der Waals surface area contributed by atoms with E-state index in [1.807, 2.05) is 54.6 Å². The van der Waals surface area contributed by atoms with Crippen LogP contribution in [0.3, 0.4) is 0 Å². The molecule has 1 nitrogen and oxygen atoms in total. The van der Waals surface area contributed by atoms with Crippen LogP contribution in [-0.2, 0) is 5.41 Å². The van der Waals surface area contributed by atoms with Crippen molar-refractivity contribution in [1.29, 1.82) is 0 Å². The number of ketones is 1. The van der Waals surface area contributed by atoms with Gasteiger partial charge in [0.25, 0.3) is 0 Å². The molecule has 0 saturated carbocycles. The van der Waals surface area contributed by atoms with Crippen LogP contribution in [-0.4, -0.2) is 5.78 Å². The monoisotopic (exact) mass is 278 g/mol. The second-order valence-corrected chi connectivity index (χ2v) is 5.57. The largest absolute Gasteiger partial charge is 0.293 e. The van der Waals surface area contributed by atoms with Crippen molar-refractivity contribution >= 4 is 5.78 Å². The van der Waals surface area contributed by atoms with E-state index in [4.69, 9.17) is 0 Å². The average molecular weight is 278 g/mol. The zero-order valence-electron chi connectivity index (χ0n) is 12.6. The lowest BCUT2D eigenvalue weighted by Crippen LogP contribution is -2.32. The third kappa shape index (κ3) is 3.49. The molecule has 1 atom stereocenters. The quantitative estimate of drug-likeness (QED) is 0.387. The highest BCUT2D eigenvalue weighted by molar-refractivity contribution is 6.03. The number of benzene rings is 2. The molecule has 0 heterocycles. The molecule has 0 aliphatic carbocycles. The number of carbonyl (C=O) groups excluding carboxylic acids is 1. The summed E-state index contributed by atoms with van der Waals surface area (Å²) in [4.78, 5) is 13.0. The molecule has 108 valence electrons. The van der Waals surface area contributed by atoms with E-state index in [1.54, 1.807) is 0 Å². The van der Waals surface area contributed by atoms with Crippen molar-refractivity contribution in [2.75, 3.05) is 0 Å². The Morgan fingerprint density at radius 3 is 2.19 bits per heavy atom. The summed E-state index contributed by atoms with van der Waals surface area (Å²) < 4.78 is 0. The molecule has 21 heavy (non-hydrogen) atoms. The Morgan fingerprint density at radius 2 is 1.62 bits per heavy atom. The fourth-order valence-electron chi connectivity index (χ4n) is 2.70. The minimum atomic E-state index is -0.481. The van der Waals surface area contributed by atoms with E-state index in [-0.39, 0.29) is 5.78 Å². The molecule has 1 heteroatoms. The number of carbonyl (C=O) groups is 1. The molecule has 2 rings (SSSR count). The minimum absolute atomic E-state index is 0.193. The lowest BCUT2D eigenvalue weighted by Gasteiger charge is -2.29. The Balaban J connectivity index is 2.36. The molecule has 0 aliphatic heterocycles. The molecular formula is C20H22O. The number of hydrogen-bond acceptors (Lipinski definition) is 1. The van der Waals surface area contributed by atoms with Gasteiger partial charge < -0.3 is 0 Å². The van der Waals surface area contributed by atoms with Crippen LogP contribution in [0.4, 0.5) is 0 Å². The van der Waals surface area contributed by atoms with Crippen LogP contribution in [0.2, 0.25) is 0 Å². The normalized spacial score (nSPS) is 13.4. The maximum atomic E-state index is 13.0. The van der Waals surface area contributed by atoms with E-state index in [0.717, 1.165) is 30.4 Å². The molecule has 0 saturated heterocycles. The first-order valence-corrected chi connectivity index (χ1v) is 7.45. The standard InChI is InChI=1S/C20H22O/c1-3-4-11-16-20(2,18-14-9-6-10-15-18)19(21)17-12-7-5-8-13-17/h3,5-10,12-15H,1,4,11,16H2,2H3. The Kier molecular flexibility index (Phi) is 5.10. The summed E-state index contributed by atoms with van der Waals surface area (Å²) in [7, 11) is 0. The van der Waals surface area contributed by atoms with Crippen LogP contribution in [0.25, 0.3) is 0 Å². The number of Topliss-reactive ketones (excluding diaryl/α,β-unsaturated/α-hetero) is 1. The summed E-state index contributed by atoms with van der Waals surface area (Å²) in [6, 6.07) is 19.7. The first kappa shape index (κ1) is 15.2. The summed E-state index contributed by atoms with van der Waals surface area (Å²) in [5.74, 6) is 0.193. The van der Waals surface area contributed by atoms with Crippen molar-refractivity contribution in [2.45, 2.75) is 31.6 Å². The van der Waals surface area contributed by atoms with Gasteiger partial charge >= 0.3 is 0 Å². The highest BCUT2D eigenvalue weighted by Gasteiger charge is 2.34. The SMILES string of the molecule is C=CCCCC(C)(C(=O)c1ccccc1)c1ccccc1. The topological polar surface area (TPSA) is 17.1 Å². The molecule has 0 N–H and O–H groups in total. The van der Waals surface area contributed by atoms with Gasteiger partial charge in [0.15, 0.2) is 5.78 Å². The van der Waals surface area contributed by atoms with Crippen LogP contribution >= 0.6 is 0 Å². The molecular weight excluding hydrogens is 256 g/mol. The third-order valence-electron chi connectivity index (χ3n) is 4.03. The van der Waals surface area contributed by atoms with Gasteiger partial charge in [0.1, 0.15) is 0 Å². The van der Waals surface area contributed by atoms with Crippen LogP contribution in [0, 0.1) is 0 Å². The van der Waals surface area contributed by atoms with Gasteiger partial charge in [-0.1, -0.05) is 66.7 Å². The number of allylic oxidation sites excluding steroid dienone is 1. The summed E-state index contributed by atoms with van der Waals surface area (Å²) in [5.41, 5.74) is 1.39. The molecule has 2 aromatic carbocycles. The summed E-state index contributed by atoms with van der Waals surface area (Å²) in [6.45, 7) is 5.83. The average Bonchev–Trinajstić information content (AvgIpc) is 2.56. The first-order valence-electron chi connectivity index (χ1n) is 7.45. The van der Waals surface area contributed by atoms with Crippen LogP contribution in [0.15, 0.2) is 73.3 Å². The lowest BCUT2D eigenvalue weighted by molar-refractivity contribution is 0.0886. The molecule has 1 unspecified atom stereocenters. The summed E-state index contributed by atoms with van der Waals surface area (Å²) >= 11 is 0. The maximum Gasteiger partial charge on any atom is 0.173 e. The number of rotatable bonds is 7. The predicted octanol–water partition coefficient (Wildman–Crippen LogP) is 5.18. The van der Waals surface area contributed by atoms with E-state index in [1.165, 1.54) is 0 Å². The molecule has 0 aromatic heterocycles. The van der Waals surface area contributed by atoms with E-state index in [9.17, 15) is 4.79 Å². The molecule has 0 amide bonds. The van der Waals surface area contributed by atoms with Crippen LogP contribution in [0.5, 0.6) is 0 Å². The summed E-state index contributed by atoms with van der Waals surface area (Å²) in [5, 5.41) is 0. The zero-order valence-corrected chi connectivity index (χ0v) is 12.6. The van der Waals surface area contributed by atoms with Crippen LogP contribution in [0.1, 0.15) is 42.1 Å². The van der Waals surface area contributed by atoms with Crippen LogP contribution < -0.4 is 0 Å². The van der Waals surface area contributed by atoms with Crippen molar-refractivity contribution in [3.05, 3.63) is 84.4 Å². The van der Waals surface area contributed by atoms with Crippen molar-refractivity contribution in [3.63, 3.8) is 0 Å². The lowest BCUT2D eigenvalue weighted by atomic mass is 9.73. The highest BCUT2D eigenvalue weighted by atomic mass is 16.1. The van der Waals surface area contributed by atoms with Gasteiger partial charge in [-0.3, -0.25) is 4.79 Å². The second-order valence-electron chi connectivity index (χ2n) is 5.57. The Morgan fingerprint density at radius 1 is 1.05 bits per heavy atom. The van der Waals surface area contributed by atoms with Gasteiger partial charge in [0, 0.05) is 5.56 Å². The Labute approximate surface area is 127 Å². The fourth-order valence-corrected chi connectivity index (χ4v) is 2.70. The zero-order chi connectivity index (χ0) is 15.1. The minimum Gasteiger partial charge on any atom is -0.293 e. The van der Waals surface area contributed by atoms with Gasteiger partial charge in [-0.15, -0.1) is 6.58 Å². The summed E-state index contributed by atoms with van der Waals surface area (Å²) in [6.07, 6.45) is 4.65. The molecule has 0 radical (unpaired) electrons. The van der Waals surface area contributed by atoms with Gasteiger partial charge in [0.05, 0.1) is 5.41 Å². The number of unbranched alkanes of at least 4 members (excludes halogenated alkanes) is 1. The van der Waals surface area contributed by atoms with Gasteiger partial charge in [0.2, 0.25) is 0 Å².